The van der Waals surface area contributed by atoms with E-state index < -0.39 is 24.6 Å². The fraction of sp³-hybridized carbons (Fsp3) is 0.696. The molecule has 1 aliphatic heterocycles. The van der Waals surface area contributed by atoms with Gasteiger partial charge in [-0.3, -0.25) is 9.18 Å². The molecular formula is C23H34FN3O4. The van der Waals surface area contributed by atoms with E-state index in [0.29, 0.717) is 24.8 Å². The van der Waals surface area contributed by atoms with E-state index in [4.69, 9.17) is 9.47 Å². The van der Waals surface area contributed by atoms with Crippen LogP contribution >= 0.6 is 0 Å². The Morgan fingerprint density at radius 3 is 2.65 bits per heavy atom. The molecule has 2 heterocycles. The lowest BCUT2D eigenvalue weighted by Gasteiger charge is -2.22. The number of pyridine rings is 1. The number of nitrogens with zero attached hydrogens (tertiary/aromatic N) is 2. The van der Waals surface area contributed by atoms with Gasteiger partial charge in [-0.25, -0.2) is 9.78 Å². The summed E-state index contributed by atoms with van der Waals surface area (Å²) in [6, 6.07) is 2.75. The summed E-state index contributed by atoms with van der Waals surface area (Å²) in [7, 11) is 0. The number of hydrogen-bond donors (Lipinski definition) is 1. The first-order valence-corrected chi connectivity index (χ1v) is 11.4. The number of alkyl halides is 1. The highest BCUT2D eigenvalue weighted by atomic mass is 19.1. The molecule has 0 bridgehead atoms. The van der Waals surface area contributed by atoms with Crippen molar-refractivity contribution in [1.29, 1.82) is 0 Å². The number of esters is 1. The first-order chi connectivity index (χ1) is 15.0. The van der Waals surface area contributed by atoms with Gasteiger partial charge in [0, 0.05) is 19.5 Å². The first kappa shape index (κ1) is 23.3. The summed E-state index contributed by atoms with van der Waals surface area (Å²) in [6.45, 7) is 5.88. The second kappa shape index (κ2) is 11.3. The van der Waals surface area contributed by atoms with Crippen molar-refractivity contribution in [1.82, 2.24) is 10.3 Å². The molecule has 1 N–H and O–H groups in total. The Balaban J connectivity index is 1.71. The molecule has 1 aromatic heterocycles. The van der Waals surface area contributed by atoms with E-state index in [1.807, 2.05) is 19.9 Å². The van der Waals surface area contributed by atoms with Crippen molar-refractivity contribution in [3.63, 3.8) is 0 Å². The Labute approximate surface area is 183 Å². The van der Waals surface area contributed by atoms with Crippen LogP contribution in [0.4, 0.5) is 10.1 Å². The molecule has 8 heteroatoms. The number of carbonyl (C=O) groups is 2. The molecule has 1 amide bonds. The first-order valence-electron chi connectivity index (χ1n) is 11.4. The summed E-state index contributed by atoms with van der Waals surface area (Å²) in [4.78, 5) is 32.0. The number of ether oxygens (including phenoxy) is 2. The van der Waals surface area contributed by atoms with Gasteiger partial charge in [-0.15, -0.1) is 0 Å². The van der Waals surface area contributed by atoms with Crippen LogP contribution < -0.4 is 15.0 Å². The number of rotatable bonds is 12. The number of hydrogen-bond acceptors (Lipinski definition) is 6. The van der Waals surface area contributed by atoms with Crippen molar-refractivity contribution in [2.24, 2.45) is 11.8 Å². The van der Waals surface area contributed by atoms with Crippen molar-refractivity contribution >= 4 is 17.6 Å². The molecule has 3 rings (SSSR count). The molecule has 7 nitrogen and oxygen atoms in total. The smallest absolute Gasteiger partial charge is 0.328 e. The van der Waals surface area contributed by atoms with Crippen LogP contribution in [0.25, 0.3) is 0 Å². The predicted molar refractivity (Wildman–Crippen MR) is 116 cm³/mol. The minimum atomic E-state index is -0.803. The number of halogens is 1. The summed E-state index contributed by atoms with van der Waals surface area (Å²) < 4.78 is 23.4. The van der Waals surface area contributed by atoms with E-state index in [-0.39, 0.29) is 24.6 Å². The molecule has 0 aromatic carbocycles. The highest BCUT2D eigenvalue weighted by Gasteiger charge is 2.27. The van der Waals surface area contributed by atoms with Crippen molar-refractivity contribution < 1.29 is 23.5 Å². The van der Waals surface area contributed by atoms with Gasteiger partial charge in [0.25, 0.3) is 5.91 Å². The predicted octanol–water partition coefficient (Wildman–Crippen LogP) is 3.52. The fourth-order valence-electron chi connectivity index (χ4n) is 3.59. The minimum absolute atomic E-state index is 0.00172. The average molecular weight is 436 g/mol. The van der Waals surface area contributed by atoms with Crippen LogP contribution in [0.15, 0.2) is 12.1 Å². The van der Waals surface area contributed by atoms with Gasteiger partial charge in [-0.2, -0.15) is 0 Å². The second-order valence-electron chi connectivity index (χ2n) is 8.83. The Morgan fingerprint density at radius 2 is 2.00 bits per heavy atom. The monoisotopic (exact) mass is 435 g/mol. The molecule has 31 heavy (non-hydrogen) atoms. The number of anilines is 1. The Hall–Kier alpha value is -2.38. The molecule has 0 radical (unpaired) electrons. The van der Waals surface area contributed by atoms with Crippen LogP contribution in [0.3, 0.4) is 0 Å². The molecule has 0 spiro atoms. The van der Waals surface area contributed by atoms with Gasteiger partial charge < -0.3 is 19.7 Å². The zero-order valence-electron chi connectivity index (χ0n) is 18.6. The summed E-state index contributed by atoms with van der Waals surface area (Å²) in [5, 5.41) is 2.75. The van der Waals surface area contributed by atoms with E-state index >= 15 is 0 Å². The number of nitrogens with one attached hydrogen (secondary N) is 1. The lowest BCUT2D eigenvalue weighted by molar-refractivity contribution is -0.146. The van der Waals surface area contributed by atoms with Crippen molar-refractivity contribution in [3.8, 4) is 5.88 Å². The maximum atomic E-state index is 12.9. The van der Waals surface area contributed by atoms with Crippen LogP contribution in [0.1, 0.15) is 62.9 Å². The molecule has 2 fully saturated rings. The van der Waals surface area contributed by atoms with Gasteiger partial charge in [-0.1, -0.05) is 13.8 Å². The second-order valence-corrected chi connectivity index (χ2v) is 8.83. The van der Waals surface area contributed by atoms with Crippen molar-refractivity contribution in [2.75, 3.05) is 37.9 Å². The summed E-state index contributed by atoms with van der Waals surface area (Å²) in [5.41, 5.74) is 1.12. The Bertz CT molecular complexity index is 748. The van der Waals surface area contributed by atoms with Gasteiger partial charge in [0.1, 0.15) is 11.7 Å². The van der Waals surface area contributed by atoms with E-state index in [0.717, 1.165) is 31.6 Å². The van der Waals surface area contributed by atoms with Crippen molar-refractivity contribution in [2.45, 2.75) is 58.4 Å². The molecular weight excluding hydrogens is 401 g/mol. The molecule has 1 aromatic rings. The average Bonchev–Trinajstić information content (AvgIpc) is 3.42. The highest BCUT2D eigenvalue weighted by molar-refractivity contribution is 5.95. The molecule has 1 atom stereocenters. The molecule has 1 saturated carbocycles. The molecule has 1 saturated heterocycles. The number of carbonyl (C=O) groups excluding carboxylic acids is 2. The number of aromatic nitrogens is 1. The zero-order valence-corrected chi connectivity index (χ0v) is 18.6. The zero-order chi connectivity index (χ0) is 22.2. The van der Waals surface area contributed by atoms with Gasteiger partial charge in [0.05, 0.1) is 25.6 Å². The molecule has 1 aliphatic carbocycles. The Kier molecular flexibility index (Phi) is 8.49. The third kappa shape index (κ3) is 7.08. The van der Waals surface area contributed by atoms with E-state index in [1.165, 1.54) is 12.8 Å². The number of amides is 1. The van der Waals surface area contributed by atoms with Crippen LogP contribution in [0, 0.1) is 11.8 Å². The van der Waals surface area contributed by atoms with Gasteiger partial charge in [0.15, 0.2) is 0 Å². The highest BCUT2D eigenvalue weighted by Crippen LogP contribution is 2.33. The third-order valence-electron chi connectivity index (χ3n) is 5.49. The maximum absolute atomic E-state index is 12.9. The van der Waals surface area contributed by atoms with Gasteiger partial charge >= 0.3 is 5.97 Å². The normalized spacial score (nSPS) is 17.0. The third-order valence-corrected chi connectivity index (χ3v) is 5.49. The SMILES string of the molecule is CC(C)CC(NC(=O)c1ccc(N2CCCC2)c(OCC2CC2)n1)C(=O)OCCCF. The topological polar surface area (TPSA) is 80.8 Å². The lowest BCUT2D eigenvalue weighted by Crippen LogP contribution is -2.43. The van der Waals surface area contributed by atoms with Crippen LogP contribution in [0.5, 0.6) is 5.88 Å². The largest absolute Gasteiger partial charge is 0.476 e. The molecule has 1 unspecified atom stereocenters. The van der Waals surface area contributed by atoms with Crippen LogP contribution in [-0.4, -0.2) is 55.9 Å². The summed E-state index contributed by atoms with van der Waals surface area (Å²) in [6.07, 6.45) is 5.17. The standard InChI is InChI=1S/C23H34FN3O4/c1-16(2)14-19(23(29)30-13-5-10-24)25-21(28)18-8-9-20(27-11-3-4-12-27)22(26-18)31-15-17-6-7-17/h8-9,16-17,19H,3-7,10-15H2,1-2H3,(H,25,28). The fourth-order valence-corrected chi connectivity index (χ4v) is 3.59. The maximum Gasteiger partial charge on any atom is 0.328 e. The van der Waals surface area contributed by atoms with E-state index in [2.05, 4.69) is 15.2 Å². The van der Waals surface area contributed by atoms with Crippen LogP contribution in [-0.2, 0) is 9.53 Å². The Morgan fingerprint density at radius 1 is 1.26 bits per heavy atom. The van der Waals surface area contributed by atoms with Gasteiger partial charge in [0.2, 0.25) is 5.88 Å². The van der Waals surface area contributed by atoms with Crippen molar-refractivity contribution in [3.05, 3.63) is 17.8 Å². The van der Waals surface area contributed by atoms with E-state index in [1.54, 1.807) is 6.07 Å². The summed E-state index contributed by atoms with van der Waals surface area (Å²) >= 11 is 0. The van der Waals surface area contributed by atoms with Gasteiger partial charge in [-0.05, 0) is 56.1 Å². The quantitative estimate of drug-likeness (QED) is 0.400. The molecule has 172 valence electrons. The minimum Gasteiger partial charge on any atom is -0.476 e. The van der Waals surface area contributed by atoms with Crippen LogP contribution in [0.2, 0.25) is 0 Å². The summed E-state index contributed by atoms with van der Waals surface area (Å²) in [5.74, 6) is 0.223. The lowest BCUT2D eigenvalue weighted by atomic mass is 10.0. The molecule has 2 aliphatic rings. The van der Waals surface area contributed by atoms with E-state index in [9.17, 15) is 14.0 Å².